The van der Waals surface area contributed by atoms with Crippen molar-refractivity contribution < 1.29 is 44.3 Å². The van der Waals surface area contributed by atoms with Gasteiger partial charge in [-0.1, -0.05) is 0 Å². The van der Waals surface area contributed by atoms with E-state index in [1.165, 1.54) is 0 Å². The first-order valence-corrected chi connectivity index (χ1v) is 9.37. The predicted octanol–water partition coefficient (Wildman–Crippen LogP) is 5.13. The Morgan fingerprint density at radius 2 is 1.44 bits per heavy atom. The molecule has 1 amide bonds. The zero-order valence-corrected chi connectivity index (χ0v) is 16.2. The summed E-state index contributed by atoms with van der Waals surface area (Å²) in [5.74, 6) is -0.902. The zero-order chi connectivity index (χ0) is 23.9. The molecule has 176 valence electrons. The van der Waals surface area contributed by atoms with E-state index in [0.29, 0.717) is 25.0 Å². The van der Waals surface area contributed by atoms with E-state index in [-0.39, 0.29) is 30.2 Å². The molecule has 1 aliphatic rings. The van der Waals surface area contributed by atoms with E-state index in [1.54, 1.807) is 0 Å². The standard InChI is InChI=1S/C19H16F9N3O/c20-17(21,22)11-5-10(6-12(7-11)18(23,24)25)8-29-15(32)9-31-14-4-2-1-3-13(14)16(30-31)19(26,27)28/h5-7H,1-4,8-9H2,(H,29,32). The maximum Gasteiger partial charge on any atom is 0.435 e. The van der Waals surface area contributed by atoms with Gasteiger partial charge in [0, 0.05) is 17.8 Å². The summed E-state index contributed by atoms with van der Waals surface area (Å²) >= 11 is 0. The minimum atomic E-state index is -5.04. The van der Waals surface area contributed by atoms with Crippen molar-refractivity contribution in [3.05, 3.63) is 51.8 Å². The van der Waals surface area contributed by atoms with Gasteiger partial charge in [0.1, 0.15) is 6.54 Å². The highest BCUT2D eigenvalue weighted by molar-refractivity contribution is 5.75. The van der Waals surface area contributed by atoms with E-state index in [0.717, 1.165) is 4.68 Å². The third-order valence-electron chi connectivity index (χ3n) is 4.96. The molecule has 0 radical (unpaired) electrons. The zero-order valence-electron chi connectivity index (χ0n) is 16.2. The second kappa shape index (κ2) is 8.32. The maximum atomic E-state index is 13.2. The maximum absolute atomic E-state index is 13.2. The van der Waals surface area contributed by atoms with Gasteiger partial charge in [0.25, 0.3) is 0 Å². The highest BCUT2D eigenvalue weighted by Gasteiger charge is 2.40. The summed E-state index contributed by atoms with van der Waals surface area (Å²) in [6, 6.07) is 0.889. The smallest absolute Gasteiger partial charge is 0.350 e. The van der Waals surface area contributed by atoms with Crippen LogP contribution in [-0.4, -0.2) is 15.7 Å². The summed E-state index contributed by atoms with van der Waals surface area (Å²) < 4.78 is 118. The molecule has 0 spiro atoms. The Morgan fingerprint density at radius 1 is 0.875 bits per heavy atom. The molecule has 0 saturated heterocycles. The van der Waals surface area contributed by atoms with Gasteiger partial charge in [0.2, 0.25) is 5.91 Å². The number of hydrogen-bond acceptors (Lipinski definition) is 2. The van der Waals surface area contributed by atoms with Crippen molar-refractivity contribution in [3.8, 4) is 0 Å². The van der Waals surface area contributed by atoms with Crippen LogP contribution in [0, 0.1) is 0 Å². The monoisotopic (exact) mass is 473 g/mol. The molecule has 0 bridgehead atoms. The molecule has 1 aliphatic carbocycles. The third-order valence-corrected chi connectivity index (χ3v) is 4.96. The summed E-state index contributed by atoms with van der Waals surface area (Å²) in [4.78, 5) is 12.2. The molecule has 1 aromatic carbocycles. The van der Waals surface area contributed by atoms with Crippen LogP contribution in [0.15, 0.2) is 18.2 Å². The molecule has 1 N–H and O–H groups in total. The van der Waals surface area contributed by atoms with Crippen LogP contribution in [0.1, 0.15) is 46.5 Å². The van der Waals surface area contributed by atoms with Gasteiger partial charge in [-0.3, -0.25) is 9.48 Å². The van der Waals surface area contributed by atoms with Crippen LogP contribution in [-0.2, 0) is 49.3 Å². The lowest BCUT2D eigenvalue weighted by Crippen LogP contribution is -2.29. The van der Waals surface area contributed by atoms with Crippen molar-refractivity contribution in [2.75, 3.05) is 0 Å². The fourth-order valence-electron chi connectivity index (χ4n) is 3.54. The molecule has 1 aromatic heterocycles. The van der Waals surface area contributed by atoms with Gasteiger partial charge in [0.15, 0.2) is 5.69 Å². The van der Waals surface area contributed by atoms with Crippen molar-refractivity contribution >= 4 is 5.91 Å². The average Bonchev–Trinajstić information content (AvgIpc) is 3.04. The minimum absolute atomic E-state index is 0.00393. The predicted molar refractivity (Wildman–Crippen MR) is 92.2 cm³/mol. The van der Waals surface area contributed by atoms with Crippen LogP contribution in [0.3, 0.4) is 0 Å². The van der Waals surface area contributed by atoms with Gasteiger partial charge in [-0.25, -0.2) is 0 Å². The number of carbonyl (C=O) groups is 1. The van der Waals surface area contributed by atoms with Crippen molar-refractivity contribution in [2.24, 2.45) is 0 Å². The first-order chi connectivity index (χ1) is 14.7. The molecule has 0 atom stereocenters. The number of halogens is 9. The summed E-state index contributed by atoms with van der Waals surface area (Å²) in [5.41, 5.74) is -4.37. The number of aromatic nitrogens is 2. The number of rotatable bonds is 4. The summed E-state index contributed by atoms with van der Waals surface area (Å²) in [7, 11) is 0. The van der Waals surface area contributed by atoms with Crippen LogP contribution in [0.4, 0.5) is 39.5 Å². The lowest BCUT2D eigenvalue weighted by atomic mass is 9.95. The summed E-state index contributed by atoms with van der Waals surface area (Å²) in [5, 5.41) is 5.63. The fraction of sp³-hybridized carbons (Fsp3) is 0.474. The van der Waals surface area contributed by atoms with Crippen LogP contribution >= 0.6 is 0 Å². The number of alkyl halides is 9. The summed E-state index contributed by atoms with van der Waals surface area (Å²) in [6.45, 7) is -1.33. The topological polar surface area (TPSA) is 46.9 Å². The number of fused-ring (bicyclic) bond motifs is 1. The van der Waals surface area contributed by atoms with Gasteiger partial charge in [-0.2, -0.15) is 44.6 Å². The first kappa shape index (κ1) is 23.9. The minimum Gasteiger partial charge on any atom is -0.350 e. The highest BCUT2D eigenvalue weighted by atomic mass is 19.4. The Morgan fingerprint density at radius 3 is 1.97 bits per heavy atom. The lowest BCUT2D eigenvalue weighted by Gasteiger charge is -2.16. The first-order valence-electron chi connectivity index (χ1n) is 9.37. The van der Waals surface area contributed by atoms with E-state index < -0.39 is 59.9 Å². The van der Waals surface area contributed by atoms with Crippen LogP contribution < -0.4 is 5.32 Å². The molecule has 0 aliphatic heterocycles. The molecule has 4 nitrogen and oxygen atoms in total. The molecule has 32 heavy (non-hydrogen) atoms. The van der Waals surface area contributed by atoms with Crippen LogP contribution in [0.25, 0.3) is 0 Å². The Balaban J connectivity index is 1.78. The van der Waals surface area contributed by atoms with Crippen LogP contribution in [0.2, 0.25) is 0 Å². The molecule has 13 heteroatoms. The molecule has 3 rings (SSSR count). The Hall–Kier alpha value is -2.73. The Labute approximate surface area is 175 Å². The molecular weight excluding hydrogens is 457 g/mol. The van der Waals surface area contributed by atoms with Gasteiger partial charge in [0.05, 0.1) is 11.1 Å². The van der Waals surface area contributed by atoms with Crippen molar-refractivity contribution in [2.45, 2.75) is 57.3 Å². The third kappa shape index (κ3) is 5.36. The van der Waals surface area contributed by atoms with E-state index in [1.807, 2.05) is 0 Å². The fourth-order valence-corrected chi connectivity index (χ4v) is 3.54. The number of nitrogens with one attached hydrogen (secondary N) is 1. The Bertz CT molecular complexity index is 971. The lowest BCUT2D eigenvalue weighted by molar-refractivity contribution is -0.143. The number of amides is 1. The quantitative estimate of drug-likeness (QED) is 0.626. The average molecular weight is 473 g/mol. The van der Waals surface area contributed by atoms with Crippen molar-refractivity contribution in [3.63, 3.8) is 0 Å². The second-order valence-corrected chi connectivity index (χ2v) is 7.33. The van der Waals surface area contributed by atoms with E-state index >= 15 is 0 Å². The van der Waals surface area contributed by atoms with Gasteiger partial charge in [-0.15, -0.1) is 0 Å². The molecule has 0 saturated carbocycles. The van der Waals surface area contributed by atoms with Gasteiger partial charge < -0.3 is 5.32 Å². The molecule has 1 heterocycles. The largest absolute Gasteiger partial charge is 0.435 e. The normalized spacial score (nSPS) is 14.9. The van der Waals surface area contributed by atoms with Crippen molar-refractivity contribution in [1.82, 2.24) is 15.1 Å². The molecule has 2 aromatic rings. The molecular formula is C19H16F9N3O. The number of carbonyl (C=O) groups excluding carboxylic acids is 1. The molecule has 0 unspecified atom stereocenters. The summed E-state index contributed by atoms with van der Waals surface area (Å²) in [6.07, 6.45) is -13.2. The van der Waals surface area contributed by atoms with Crippen molar-refractivity contribution in [1.29, 1.82) is 0 Å². The van der Waals surface area contributed by atoms with E-state index in [4.69, 9.17) is 0 Å². The molecule has 0 fully saturated rings. The van der Waals surface area contributed by atoms with Gasteiger partial charge >= 0.3 is 18.5 Å². The van der Waals surface area contributed by atoms with Crippen LogP contribution in [0.5, 0.6) is 0 Å². The SMILES string of the molecule is O=C(Cn1nc(C(F)(F)F)c2c1CCCC2)NCc1cc(C(F)(F)F)cc(C(F)(F)F)c1. The van der Waals surface area contributed by atoms with E-state index in [9.17, 15) is 44.3 Å². The van der Waals surface area contributed by atoms with E-state index in [2.05, 4.69) is 10.4 Å². The number of benzene rings is 1. The highest BCUT2D eigenvalue weighted by Crippen LogP contribution is 2.37. The Kier molecular flexibility index (Phi) is 6.22. The van der Waals surface area contributed by atoms with Gasteiger partial charge in [-0.05, 0) is 49.4 Å². The second-order valence-electron chi connectivity index (χ2n) is 7.33. The number of hydrogen-bond donors (Lipinski definition) is 1. The number of nitrogens with zero attached hydrogens (tertiary/aromatic N) is 2.